The van der Waals surface area contributed by atoms with E-state index in [2.05, 4.69) is 5.32 Å². The third kappa shape index (κ3) is 4.21. The molecule has 0 radical (unpaired) electrons. The van der Waals surface area contributed by atoms with Crippen LogP contribution in [0.2, 0.25) is 0 Å². The molecule has 1 aromatic carbocycles. The quantitative estimate of drug-likeness (QED) is 0.795. The van der Waals surface area contributed by atoms with Crippen LogP contribution in [0.4, 0.5) is 10.1 Å². The molecule has 1 unspecified atom stereocenters. The van der Waals surface area contributed by atoms with Gasteiger partial charge in [0.1, 0.15) is 11.4 Å². The largest absolute Gasteiger partial charge is 0.480 e. The lowest BCUT2D eigenvalue weighted by Crippen LogP contribution is -2.56. The summed E-state index contributed by atoms with van der Waals surface area (Å²) in [5.41, 5.74) is -0.400. The van der Waals surface area contributed by atoms with Crippen molar-refractivity contribution in [3.63, 3.8) is 0 Å². The van der Waals surface area contributed by atoms with Crippen LogP contribution in [0, 0.1) is 5.82 Å². The van der Waals surface area contributed by atoms with Crippen molar-refractivity contribution in [1.29, 1.82) is 0 Å². The van der Waals surface area contributed by atoms with Gasteiger partial charge < -0.3 is 15.3 Å². The zero-order chi connectivity index (χ0) is 14.5. The molecule has 0 saturated carbocycles. The van der Waals surface area contributed by atoms with Gasteiger partial charge in [-0.15, -0.1) is 0 Å². The molecule has 0 aromatic heterocycles. The molecule has 0 fully saturated rings. The molecule has 106 valence electrons. The molecule has 0 spiro atoms. The van der Waals surface area contributed by atoms with Crippen molar-refractivity contribution >= 4 is 11.7 Å². The highest BCUT2D eigenvalue weighted by molar-refractivity contribution is 5.79. The van der Waals surface area contributed by atoms with Gasteiger partial charge in [-0.25, -0.2) is 4.39 Å². The van der Waals surface area contributed by atoms with E-state index in [0.717, 1.165) is 6.42 Å². The molecule has 0 saturated heterocycles. The molecule has 0 bridgehead atoms. The summed E-state index contributed by atoms with van der Waals surface area (Å²) in [7, 11) is 1.75. The van der Waals surface area contributed by atoms with Crippen molar-refractivity contribution in [3.05, 3.63) is 30.1 Å². The van der Waals surface area contributed by atoms with E-state index in [4.69, 9.17) is 0 Å². The summed E-state index contributed by atoms with van der Waals surface area (Å²) in [6.07, 6.45) is 0.854. The number of hydrogen-bond donors (Lipinski definition) is 2. The van der Waals surface area contributed by atoms with Gasteiger partial charge >= 0.3 is 5.97 Å². The van der Waals surface area contributed by atoms with Gasteiger partial charge in [-0.2, -0.15) is 0 Å². The Hall–Kier alpha value is -1.62. The van der Waals surface area contributed by atoms with Crippen LogP contribution in [-0.2, 0) is 4.79 Å². The number of likely N-dealkylation sites (N-methyl/N-ethyl adjacent to an activating group) is 1. The normalized spacial score (nSPS) is 13.9. The van der Waals surface area contributed by atoms with E-state index in [-0.39, 0.29) is 12.4 Å². The summed E-state index contributed by atoms with van der Waals surface area (Å²) in [5.74, 6) is -1.24. The number of carboxylic acids is 1. The maximum absolute atomic E-state index is 13.2. The number of benzene rings is 1. The van der Waals surface area contributed by atoms with E-state index < -0.39 is 11.5 Å². The number of aliphatic carboxylic acids is 1. The predicted molar refractivity (Wildman–Crippen MR) is 74.0 cm³/mol. The van der Waals surface area contributed by atoms with E-state index in [9.17, 15) is 14.3 Å². The number of nitrogens with zero attached hydrogens (tertiary/aromatic N) is 1. The first-order valence-corrected chi connectivity index (χ1v) is 6.34. The van der Waals surface area contributed by atoms with Gasteiger partial charge in [0, 0.05) is 19.3 Å². The SMILES string of the molecule is CCCNC(C)(CN(C)c1cccc(F)c1)C(=O)O. The zero-order valence-corrected chi connectivity index (χ0v) is 11.6. The zero-order valence-electron chi connectivity index (χ0n) is 11.6. The maximum atomic E-state index is 13.2. The van der Waals surface area contributed by atoms with Gasteiger partial charge in [-0.3, -0.25) is 4.79 Å². The van der Waals surface area contributed by atoms with Crippen molar-refractivity contribution in [1.82, 2.24) is 5.32 Å². The summed E-state index contributed by atoms with van der Waals surface area (Å²) in [6, 6.07) is 6.12. The first-order valence-electron chi connectivity index (χ1n) is 6.34. The van der Waals surface area contributed by atoms with Crippen LogP contribution in [0.15, 0.2) is 24.3 Å². The second-order valence-electron chi connectivity index (χ2n) is 4.90. The fourth-order valence-electron chi connectivity index (χ4n) is 1.88. The van der Waals surface area contributed by atoms with Crippen LogP contribution in [0.3, 0.4) is 0 Å². The molecule has 1 atom stereocenters. The smallest absolute Gasteiger partial charge is 0.325 e. The van der Waals surface area contributed by atoms with Gasteiger partial charge in [0.15, 0.2) is 0 Å². The highest BCUT2D eigenvalue weighted by Crippen LogP contribution is 2.17. The second kappa shape index (κ2) is 6.52. The van der Waals surface area contributed by atoms with Crippen LogP contribution in [-0.4, -0.2) is 36.8 Å². The van der Waals surface area contributed by atoms with Crippen LogP contribution < -0.4 is 10.2 Å². The Kier molecular flexibility index (Phi) is 5.30. The molecular weight excluding hydrogens is 247 g/mol. The molecule has 5 heteroatoms. The van der Waals surface area contributed by atoms with Crippen LogP contribution in [0.5, 0.6) is 0 Å². The third-order valence-corrected chi connectivity index (χ3v) is 3.04. The van der Waals surface area contributed by atoms with E-state index in [1.54, 1.807) is 31.0 Å². The Morgan fingerprint density at radius 3 is 2.74 bits per heavy atom. The summed E-state index contributed by atoms with van der Waals surface area (Å²) in [5, 5.41) is 12.4. The van der Waals surface area contributed by atoms with Gasteiger partial charge in [0.2, 0.25) is 0 Å². The monoisotopic (exact) mass is 268 g/mol. The Balaban J connectivity index is 2.81. The maximum Gasteiger partial charge on any atom is 0.325 e. The molecular formula is C14H21FN2O2. The Bertz CT molecular complexity index is 439. The van der Waals surface area contributed by atoms with Crippen molar-refractivity contribution in [3.8, 4) is 0 Å². The second-order valence-corrected chi connectivity index (χ2v) is 4.90. The van der Waals surface area contributed by atoms with E-state index in [0.29, 0.717) is 12.2 Å². The number of nitrogens with one attached hydrogen (secondary N) is 1. The first-order chi connectivity index (χ1) is 8.89. The summed E-state index contributed by atoms with van der Waals surface area (Å²) in [4.78, 5) is 13.1. The Labute approximate surface area is 113 Å². The number of halogens is 1. The average Bonchev–Trinajstić information content (AvgIpc) is 2.36. The molecule has 19 heavy (non-hydrogen) atoms. The molecule has 0 heterocycles. The van der Waals surface area contributed by atoms with E-state index in [1.807, 2.05) is 6.92 Å². The fourth-order valence-corrected chi connectivity index (χ4v) is 1.88. The van der Waals surface area contributed by atoms with Crippen LogP contribution in [0.1, 0.15) is 20.3 Å². The molecule has 2 N–H and O–H groups in total. The van der Waals surface area contributed by atoms with Crippen LogP contribution in [0.25, 0.3) is 0 Å². The lowest BCUT2D eigenvalue weighted by Gasteiger charge is -2.32. The summed E-state index contributed by atoms with van der Waals surface area (Å²) >= 11 is 0. The van der Waals surface area contributed by atoms with E-state index >= 15 is 0 Å². The highest BCUT2D eigenvalue weighted by atomic mass is 19.1. The summed E-state index contributed by atoms with van der Waals surface area (Å²) in [6.45, 7) is 4.50. The lowest BCUT2D eigenvalue weighted by molar-refractivity contribution is -0.143. The topological polar surface area (TPSA) is 52.6 Å². The fraction of sp³-hybridized carbons (Fsp3) is 0.500. The predicted octanol–water partition coefficient (Wildman–Crippen LogP) is 2.10. The average molecular weight is 268 g/mol. The number of anilines is 1. The Morgan fingerprint density at radius 1 is 1.53 bits per heavy atom. The van der Waals surface area contributed by atoms with Crippen molar-refractivity contribution < 1.29 is 14.3 Å². The van der Waals surface area contributed by atoms with Gasteiger partial charge in [-0.05, 0) is 38.1 Å². The molecule has 1 rings (SSSR count). The molecule has 4 nitrogen and oxygen atoms in total. The Morgan fingerprint density at radius 2 is 2.21 bits per heavy atom. The molecule has 0 amide bonds. The minimum atomic E-state index is -1.06. The van der Waals surface area contributed by atoms with Crippen molar-refractivity contribution in [2.24, 2.45) is 0 Å². The lowest BCUT2D eigenvalue weighted by atomic mass is 10.0. The number of carboxylic acid groups (broad SMARTS) is 1. The highest BCUT2D eigenvalue weighted by Gasteiger charge is 2.33. The summed E-state index contributed by atoms with van der Waals surface area (Å²) < 4.78 is 13.2. The van der Waals surface area contributed by atoms with E-state index in [1.165, 1.54) is 12.1 Å². The standard InChI is InChI=1S/C14H21FN2O2/c1-4-8-16-14(2,13(18)19)10-17(3)12-7-5-6-11(15)9-12/h5-7,9,16H,4,8,10H2,1-3H3,(H,18,19). The van der Waals surface area contributed by atoms with Crippen molar-refractivity contribution in [2.45, 2.75) is 25.8 Å². The third-order valence-electron chi connectivity index (χ3n) is 3.04. The van der Waals surface area contributed by atoms with Gasteiger partial charge in [0.25, 0.3) is 0 Å². The molecule has 0 aliphatic carbocycles. The number of rotatable bonds is 7. The number of hydrogen-bond acceptors (Lipinski definition) is 3. The molecule has 0 aliphatic rings. The number of carbonyl (C=O) groups is 1. The van der Waals surface area contributed by atoms with Gasteiger partial charge in [0.05, 0.1) is 0 Å². The molecule has 0 aliphatic heterocycles. The molecule has 1 aromatic rings. The first kappa shape index (κ1) is 15.4. The van der Waals surface area contributed by atoms with Crippen LogP contribution >= 0.6 is 0 Å². The minimum Gasteiger partial charge on any atom is -0.480 e. The minimum absolute atomic E-state index is 0.256. The van der Waals surface area contributed by atoms with Gasteiger partial charge in [-0.1, -0.05) is 13.0 Å². The van der Waals surface area contributed by atoms with Crippen molar-refractivity contribution in [2.75, 3.05) is 25.0 Å².